The van der Waals surface area contributed by atoms with Gasteiger partial charge in [0, 0.05) is 23.7 Å². The Bertz CT molecular complexity index is 1370. The first-order valence-corrected chi connectivity index (χ1v) is 15.6. The molecule has 0 radical (unpaired) electrons. The van der Waals surface area contributed by atoms with E-state index in [2.05, 4.69) is 9.62 Å². The summed E-state index contributed by atoms with van der Waals surface area (Å²) in [6, 6.07) is 11.0. The van der Waals surface area contributed by atoms with Crippen LogP contribution in [0.5, 0.6) is 5.75 Å². The average molecular weight is 573 g/mol. The molecule has 9 heteroatoms. The first-order chi connectivity index (χ1) is 18.5. The number of hydrogen-bond donors (Lipinski definition) is 2. The van der Waals surface area contributed by atoms with Crippen LogP contribution in [-0.4, -0.2) is 43.4 Å². The van der Waals surface area contributed by atoms with Gasteiger partial charge in [-0.1, -0.05) is 29.8 Å². The van der Waals surface area contributed by atoms with Crippen molar-refractivity contribution < 1.29 is 23.1 Å². The molecule has 2 bridgehead atoms. The van der Waals surface area contributed by atoms with Crippen molar-refractivity contribution in [1.82, 2.24) is 4.72 Å². The number of benzene rings is 2. The maximum Gasteiger partial charge on any atom is 0.264 e. The van der Waals surface area contributed by atoms with E-state index in [0.29, 0.717) is 17.4 Å². The number of sulfonamides is 1. The largest absolute Gasteiger partial charge is 0.487 e. The lowest BCUT2D eigenvalue weighted by molar-refractivity contribution is 0.0461. The highest BCUT2D eigenvalue weighted by molar-refractivity contribution is 7.91. The summed E-state index contributed by atoms with van der Waals surface area (Å²) in [6.45, 7) is 4.99. The SMILES string of the molecule is CC1(C)C/C=C/[C@H](O)[C@@H]2CC[C@H]2CN2CCCCc3cc(Cl)ccc3COc3ccc(cc32)C(=O)NS1(=O)=O. The van der Waals surface area contributed by atoms with Gasteiger partial charge in [0.05, 0.1) is 16.5 Å². The molecule has 2 aromatic carbocycles. The van der Waals surface area contributed by atoms with Gasteiger partial charge in [-0.3, -0.25) is 4.79 Å². The van der Waals surface area contributed by atoms with Gasteiger partial charge < -0.3 is 14.7 Å². The van der Waals surface area contributed by atoms with E-state index in [1.165, 1.54) is 5.56 Å². The van der Waals surface area contributed by atoms with Gasteiger partial charge in [-0.15, -0.1) is 0 Å². The van der Waals surface area contributed by atoms with Crippen molar-refractivity contribution in [2.75, 3.05) is 18.0 Å². The molecule has 2 aromatic rings. The molecule has 0 spiro atoms. The monoisotopic (exact) mass is 572 g/mol. The molecule has 7 nitrogen and oxygen atoms in total. The normalized spacial score (nSPS) is 27.5. The molecule has 0 unspecified atom stereocenters. The third kappa shape index (κ3) is 5.98. The lowest BCUT2D eigenvalue weighted by Gasteiger charge is -2.42. The predicted octanol–water partition coefficient (Wildman–Crippen LogP) is 5.25. The van der Waals surface area contributed by atoms with E-state index >= 15 is 0 Å². The Morgan fingerprint density at radius 2 is 1.92 bits per heavy atom. The number of aliphatic hydroxyl groups excluding tert-OH is 1. The molecule has 1 saturated carbocycles. The van der Waals surface area contributed by atoms with Crippen LogP contribution in [0, 0.1) is 11.8 Å². The smallest absolute Gasteiger partial charge is 0.264 e. The van der Waals surface area contributed by atoms with E-state index in [4.69, 9.17) is 16.3 Å². The minimum absolute atomic E-state index is 0.1000. The number of nitrogens with one attached hydrogen (secondary N) is 1. The number of halogens is 1. The number of rotatable bonds is 0. The van der Waals surface area contributed by atoms with Crippen molar-refractivity contribution in [3.8, 4) is 5.75 Å². The summed E-state index contributed by atoms with van der Waals surface area (Å²) < 4.78 is 33.7. The van der Waals surface area contributed by atoms with Crippen molar-refractivity contribution in [3.63, 3.8) is 0 Å². The summed E-state index contributed by atoms with van der Waals surface area (Å²) in [5, 5.41) is 11.7. The Kier molecular flexibility index (Phi) is 8.00. The van der Waals surface area contributed by atoms with Gasteiger partial charge in [0.1, 0.15) is 12.4 Å². The molecule has 1 amide bonds. The molecule has 5 rings (SSSR count). The second kappa shape index (κ2) is 11.1. The Balaban J connectivity index is 1.56. The fourth-order valence-electron chi connectivity index (χ4n) is 5.70. The first-order valence-electron chi connectivity index (χ1n) is 13.7. The molecule has 3 atom stereocenters. The zero-order valence-electron chi connectivity index (χ0n) is 22.5. The molecule has 2 heterocycles. The molecule has 2 aliphatic heterocycles. The van der Waals surface area contributed by atoms with Gasteiger partial charge >= 0.3 is 0 Å². The van der Waals surface area contributed by atoms with E-state index < -0.39 is 26.8 Å². The van der Waals surface area contributed by atoms with Crippen LogP contribution in [0.15, 0.2) is 48.6 Å². The molecule has 0 aromatic heterocycles. The number of anilines is 1. The summed E-state index contributed by atoms with van der Waals surface area (Å²) in [6.07, 6.45) is 7.69. The zero-order valence-corrected chi connectivity index (χ0v) is 24.1. The average Bonchev–Trinajstić information content (AvgIpc) is 2.88. The Morgan fingerprint density at radius 1 is 1.10 bits per heavy atom. The van der Waals surface area contributed by atoms with Crippen LogP contribution in [0.2, 0.25) is 5.02 Å². The van der Waals surface area contributed by atoms with Gasteiger partial charge in [0.15, 0.2) is 0 Å². The van der Waals surface area contributed by atoms with Crippen LogP contribution < -0.4 is 14.4 Å². The quantitative estimate of drug-likeness (QED) is 0.419. The van der Waals surface area contributed by atoms with Crippen LogP contribution in [0.4, 0.5) is 5.69 Å². The zero-order chi connectivity index (χ0) is 27.8. The molecular weight excluding hydrogens is 536 g/mol. The number of carbonyl (C=O) groups is 1. The topological polar surface area (TPSA) is 95.9 Å². The van der Waals surface area contributed by atoms with E-state index in [1.807, 2.05) is 18.2 Å². The van der Waals surface area contributed by atoms with Gasteiger partial charge in [-0.2, -0.15) is 0 Å². The molecule has 3 aliphatic rings. The number of carbonyl (C=O) groups excluding carboxylic acids is 1. The van der Waals surface area contributed by atoms with E-state index in [0.717, 1.165) is 56.4 Å². The third-order valence-electron chi connectivity index (χ3n) is 8.50. The lowest BCUT2D eigenvalue weighted by Crippen LogP contribution is -2.44. The van der Waals surface area contributed by atoms with Gasteiger partial charge in [0.2, 0.25) is 10.0 Å². The maximum atomic E-state index is 13.2. The second-order valence-corrected chi connectivity index (χ2v) is 14.4. The van der Waals surface area contributed by atoms with Crippen molar-refractivity contribution >= 4 is 33.2 Å². The molecule has 210 valence electrons. The summed E-state index contributed by atoms with van der Waals surface area (Å²) >= 11 is 6.28. The molecule has 2 N–H and O–H groups in total. The lowest BCUT2D eigenvalue weighted by atomic mass is 9.70. The second-order valence-electron chi connectivity index (χ2n) is 11.6. The highest BCUT2D eigenvalue weighted by Gasteiger charge is 2.38. The standard InChI is InChI=1S/C30H37ClN2O5S/c1-30(2)14-5-7-27(34)25-12-9-22(25)18-33-15-4-3-6-20-16-24(31)11-8-23(20)19-38-28-13-10-21(17-26(28)33)29(35)32-39(30,36)37/h5,7-8,10-11,13,16-17,22,25,27,34H,3-4,6,9,12,14-15,18-19H2,1-2H3,(H,32,35)/b7-5+/t22-,25+,27-/m0/s1. The van der Waals surface area contributed by atoms with Gasteiger partial charge in [0.25, 0.3) is 5.91 Å². The fraction of sp³-hybridized carbons (Fsp3) is 0.500. The predicted molar refractivity (Wildman–Crippen MR) is 154 cm³/mol. The minimum Gasteiger partial charge on any atom is -0.487 e. The van der Waals surface area contributed by atoms with E-state index in [1.54, 1.807) is 44.2 Å². The maximum absolute atomic E-state index is 13.2. The van der Waals surface area contributed by atoms with Crippen molar-refractivity contribution in [3.05, 3.63) is 70.3 Å². The van der Waals surface area contributed by atoms with Crippen LogP contribution in [0.3, 0.4) is 0 Å². The molecule has 1 aliphatic carbocycles. The Morgan fingerprint density at radius 3 is 2.69 bits per heavy atom. The first kappa shape index (κ1) is 28.0. The van der Waals surface area contributed by atoms with Crippen LogP contribution in [-0.2, 0) is 23.1 Å². The number of aryl methyl sites for hydroxylation is 1. The Hall–Kier alpha value is -2.55. The number of nitrogens with zero attached hydrogens (tertiary/aromatic N) is 1. The summed E-state index contributed by atoms with van der Waals surface area (Å²) in [5.74, 6) is 0.347. The van der Waals surface area contributed by atoms with Crippen LogP contribution in [0.1, 0.15) is 67.4 Å². The summed E-state index contributed by atoms with van der Waals surface area (Å²) in [4.78, 5) is 15.5. The van der Waals surface area contributed by atoms with Crippen molar-refractivity contribution in [2.45, 2.75) is 69.8 Å². The number of fused-ring (bicyclic) bond motifs is 3. The van der Waals surface area contributed by atoms with Crippen molar-refractivity contribution in [2.24, 2.45) is 11.8 Å². The summed E-state index contributed by atoms with van der Waals surface area (Å²) in [7, 11) is -3.99. The number of allylic oxidation sites excluding steroid dienone is 1. The van der Waals surface area contributed by atoms with Crippen LogP contribution in [0.25, 0.3) is 0 Å². The number of aliphatic hydroxyl groups is 1. The van der Waals surface area contributed by atoms with E-state index in [-0.39, 0.29) is 23.8 Å². The molecule has 39 heavy (non-hydrogen) atoms. The number of amides is 1. The highest BCUT2D eigenvalue weighted by Crippen LogP contribution is 2.41. The minimum atomic E-state index is -3.99. The van der Waals surface area contributed by atoms with E-state index in [9.17, 15) is 18.3 Å². The van der Waals surface area contributed by atoms with Crippen LogP contribution >= 0.6 is 11.6 Å². The van der Waals surface area contributed by atoms with Gasteiger partial charge in [-0.05, 0) is 106 Å². The van der Waals surface area contributed by atoms with Crippen molar-refractivity contribution in [1.29, 1.82) is 0 Å². The molecule has 0 saturated heterocycles. The third-order valence-corrected chi connectivity index (χ3v) is 10.8. The molecule has 1 fully saturated rings. The molecular formula is C30H37ClN2O5S. The Labute approximate surface area is 236 Å². The van der Waals surface area contributed by atoms with Gasteiger partial charge in [-0.25, -0.2) is 13.1 Å². The fourth-order valence-corrected chi connectivity index (χ4v) is 6.85. The summed E-state index contributed by atoms with van der Waals surface area (Å²) in [5.41, 5.74) is 3.27. The number of hydrogen-bond acceptors (Lipinski definition) is 6. The highest BCUT2D eigenvalue weighted by atomic mass is 35.5. The number of ether oxygens (including phenoxy) is 1.